The molecule has 0 aliphatic carbocycles. The van der Waals surface area contributed by atoms with Crippen LogP contribution in [0.15, 0.2) is 0 Å². The summed E-state index contributed by atoms with van der Waals surface area (Å²) in [5.41, 5.74) is 5.24. The van der Waals surface area contributed by atoms with Crippen molar-refractivity contribution in [3.63, 3.8) is 0 Å². The average molecular weight is 134 g/mol. The van der Waals surface area contributed by atoms with Gasteiger partial charge in [0.25, 0.3) is 0 Å². The van der Waals surface area contributed by atoms with Gasteiger partial charge in [-0.2, -0.15) is 12.6 Å². The summed E-state index contributed by atoms with van der Waals surface area (Å²) in [6.45, 7) is 5.48. The summed E-state index contributed by atoms with van der Waals surface area (Å²) in [4.78, 5) is -0.0840. The summed E-state index contributed by atoms with van der Waals surface area (Å²) in [6.07, 6.45) is 0. The lowest BCUT2D eigenvalue weighted by Crippen LogP contribution is -2.36. The predicted molar refractivity (Wildman–Crippen MR) is 40.1 cm³/mol. The van der Waals surface area contributed by atoms with Crippen molar-refractivity contribution in [3.8, 4) is 0 Å². The van der Waals surface area contributed by atoms with Gasteiger partial charge in [0.1, 0.15) is 0 Å². The van der Waals surface area contributed by atoms with E-state index >= 15 is 0 Å². The van der Waals surface area contributed by atoms with Gasteiger partial charge in [0.15, 0.2) is 0 Å². The molecule has 0 saturated heterocycles. The smallest absolute Gasteiger partial charge is 0.0558 e. The van der Waals surface area contributed by atoms with E-state index in [2.05, 4.69) is 17.9 Å². The van der Waals surface area contributed by atoms with E-state index in [0.717, 1.165) is 6.54 Å². The molecule has 0 rings (SSSR count). The van der Waals surface area contributed by atoms with Crippen LogP contribution in [0.1, 0.15) is 13.8 Å². The molecular formula is C5H14N2S. The van der Waals surface area contributed by atoms with E-state index in [9.17, 15) is 0 Å². The highest BCUT2D eigenvalue weighted by atomic mass is 32.1. The molecule has 0 atom stereocenters. The summed E-state index contributed by atoms with van der Waals surface area (Å²) >= 11 is 4.22. The van der Waals surface area contributed by atoms with E-state index in [4.69, 9.17) is 5.73 Å². The van der Waals surface area contributed by atoms with Crippen LogP contribution in [0.2, 0.25) is 0 Å². The molecule has 50 valence electrons. The van der Waals surface area contributed by atoms with Crippen molar-refractivity contribution >= 4 is 12.6 Å². The molecule has 0 unspecified atom stereocenters. The Balaban J connectivity index is 3.11. The highest BCUT2D eigenvalue weighted by molar-refractivity contribution is 7.81. The van der Waals surface area contributed by atoms with E-state index in [-0.39, 0.29) is 4.87 Å². The number of hydrogen-bond donors (Lipinski definition) is 3. The molecule has 3 N–H and O–H groups in total. The molecule has 0 amide bonds. The van der Waals surface area contributed by atoms with Crippen LogP contribution in [-0.4, -0.2) is 18.0 Å². The lowest BCUT2D eigenvalue weighted by Gasteiger charge is -2.18. The van der Waals surface area contributed by atoms with E-state index in [1.54, 1.807) is 0 Å². The second kappa shape index (κ2) is 3.33. The normalized spacial score (nSPS) is 12.0. The Hall–Kier alpha value is 0.270. The van der Waals surface area contributed by atoms with Crippen LogP contribution in [-0.2, 0) is 0 Å². The van der Waals surface area contributed by atoms with Crippen LogP contribution in [0.4, 0.5) is 0 Å². The molecule has 0 aromatic rings. The van der Waals surface area contributed by atoms with Gasteiger partial charge < -0.3 is 11.1 Å². The molecule has 0 aromatic heterocycles. The van der Waals surface area contributed by atoms with Gasteiger partial charge >= 0.3 is 0 Å². The topological polar surface area (TPSA) is 38.0 Å². The first kappa shape index (κ1) is 8.27. The Labute approximate surface area is 56.2 Å². The first-order chi connectivity index (χ1) is 3.56. The molecule has 2 nitrogen and oxygen atoms in total. The van der Waals surface area contributed by atoms with Crippen LogP contribution in [0.3, 0.4) is 0 Å². The molecule has 0 aromatic carbocycles. The lowest BCUT2D eigenvalue weighted by atomic mass is 10.4. The minimum atomic E-state index is -0.0840. The van der Waals surface area contributed by atoms with E-state index in [1.165, 1.54) is 0 Å². The van der Waals surface area contributed by atoms with Gasteiger partial charge in [0, 0.05) is 13.1 Å². The highest BCUT2D eigenvalue weighted by Crippen LogP contribution is 2.04. The van der Waals surface area contributed by atoms with Crippen molar-refractivity contribution in [2.24, 2.45) is 5.73 Å². The average Bonchev–Trinajstić information content (AvgIpc) is 1.59. The van der Waals surface area contributed by atoms with E-state index in [0.29, 0.717) is 6.54 Å². The number of nitrogens with two attached hydrogens (primary N) is 1. The summed E-state index contributed by atoms with van der Waals surface area (Å²) in [7, 11) is 0. The number of rotatable bonds is 3. The van der Waals surface area contributed by atoms with Crippen molar-refractivity contribution in [2.45, 2.75) is 18.7 Å². The van der Waals surface area contributed by atoms with E-state index in [1.807, 2.05) is 13.8 Å². The number of hydrogen-bond acceptors (Lipinski definition) is 3. The Morgan fingerprint density at radius 2 is 2.12 bits per heavy atom. The molecule has 0 spiro atoms. The number of thiol groups is 1. The fourth-order valence-corrected chi connectivity index (χ4v) is 0.490. The molecule has 0 aliphatic rings. The SMILES string of the molecule is CC(C)(S)NCCN. The van der Waals surface area contributed by atoms with Crippen molar-refractivity contribution < 1.29 is 0 Å². The van der Waals surface area contributed by atoms with Crippen LogP contribution < -0.4 is 11.1 Å². The molecule has 0 saturated carbocycles. The van der Waals surface area contributed by atoms with Gasteiger partial charge in [-0.1, -0.05) is 0 Å². The van der Waals surface area contributed by atoms with Crippen molar-refractivity contribution in [3.05, 3.63) is 0 Å². The molecule has 0 aliphatic heterocycles. The molecule has 0 bridgehead atoms. The Morgan fingerprint density at radius 1 is 1.62 bits per heavy atom. The van der Waals surface area contributed by atoms with Gasteiger partial charge in [-0.25, -0.2) is 0 Å². The summed E-state index contributed by atoms with van der Waals surface area (Å²) in [6, 6.07) is 0. The Morgan fingerprint density at radius 3 is 2.25 bits per heavy atom. The summed E-state index contributed by atoms with van der Waals surface area (Å²) < 4.78 is 0. The molecule has 3 heteroatoms. The zero-order valence-corrected chi connectivity index (χ0v) is 6.33. The monoisotopic (exact) mass is 134 g/mol. The van der Waals surface area contributed by atoms with Gasteiger partial charge in [-0.05, 0) is 13.8 Å². The second-order valence-corrected chi connectivity index (χ2v) is 3.39. The van der Waals surface area contributed by atoms with Crippen LogP contribution in [0, 0.1) is 0 Å². The third-order valence-electron chi connectivity index (χ3n) is 0.702. The molecule has 0 heterocycles. The van der Waals surface area contributed by atoms with E-state index < -0.39 is 0 Å². The first-order valence-corrected chi connectivity index (χ1v) is 3.18. The zero-order chi connectivity index (χ0) is 6.62. The van der Waals surface area contributed by atoms with Gasteiger partial charge in [0.05, 0.1) is 4.87 Å². The van der Waals surface area contributed by atoms with Gasteiger partial charge in [0.2, 0.25) is 0 Å². The predicted octanol–water partition coefficient (Wildman–Crippen LogP) is 0.201. The molecule has 0 fully saturated rings. The largest absolute Gasteiger partial charge is 0.329 e. The molecule has 0 radical (unpaired) electrons. The minimum Gasteiger partial charge on any atom is -0.329 e. The molecule has 8 heavy (non-hydrogen) atoms. The van der Waals surface area contributed by atoms with Crippen LogP contribution in [0.5, 0.6) is 0 Å². The van der Waals surface area contributed by atoms with Gasteiger partial charge in [-0.15, -0.1) is 0 Å². The van der Waals surface area contributed by atoms with Crippen LogP contribution in [0.25, 0.3) is 0 Å². The highest BCUT2D eigenvalue weighted by Gasteiger charge is 2.06. The fraction of sp³-hybridized carbons (Fsp3) is 1.00. The molecular weight excluding hydrogens is 120 g/mol. The van der Waals surface area contributed by atoms with Crippen molar-refractivity contribution in [1.82, 2.24) is 5.32 Å². The Bertz CT molecular complexity index is 57.9. The quantitative estimate of drug-likeness (QED) is 0.381. The van der Waals surface area contributed by atoms with Crippen molar-refractivity contribution in [2.75, 3.05) is 13.1 Å². The third kappa shape index (κ3) is 6.27. The summed E-state index contributed by atoms with van der Waals surface area (Å²) in [5.74, 6) is 0. The van der Waals surface area contributed by atoms with Crippen LogP contribution >= 0.6 is 12.6 Å². The van der Waals surface area contributed by atoms with Crippen molar-refractivity contribution in [1.29, 1.82) is 0 Å². The Kier molecular flexibility index (Phi) is 3.44. The fourth-order valence-electron chi connectivity index (χ4n) is 0.378. The maximum absolute atomic E-state index is 5.24. The maximum atomic E-state index is 5.24. The first-order valence-electron chi connectivity index (χ1n) is 2.74. The maximum Gasteiger partial charge on any atom is 0.0558 e. The zero-order valence-electron chi connectivity index (χ0n) is 5.44. The standard InChI is InChI=1S/C5H14N2S/c1-5(2,8)7-4-3-6/h7-8H,3-4,6H2,1-2H3. The van der Waals surface area contributed by atoms with Gasteiger partial charge in [-0.3, -0.25) is 0 Å². The summed E-state index contributed by atoms with van der Waals surface area (Å²) in [5, 5.41) is 3.11. The minimum absolute atomic E-state index is 0.0840. The number of nitrogens with one attached hydrogen (secondary N) is 1. The third-order valence-corrected chi connectivity index (χ3v) is 0.860. The lowest BCUT2D eigenvalue weighted by molar-refractivity contribution is 0.553. The second-order valence-electron chi connectivity index (χ2n) is 2.27.